The highest BCUT2D eigenvalue weighted by Crippen LogP contribution is 2.20. The Morgan fingerprint density at radius 3 is 2.31 bits per heavy atom. The lowest BCUT2D eigenvalue weighted by Crippen LogP contribution is -2.02. The van der Waals surface area contributed by atoms with Crippen LogP contribution in [0.2, 0.25) is 0 Å². The van der Waals surface area contributed by atoms with E-state index in [-0.39, 0.29) is 0 Å². The van der Waals surface area contributed by atoms with Crippen molar-refractivity contribution in [2.45, 2.75) is 11.8 Å². The Kier molecular flexibility index (Phi) is 5.59. The lowest BCUT2D eigenvalue weighted by atomic mass is 10.3. The lowest BCUT2D eigenvalue weighted by molar-refractivity contribution is 1.11. The van der Waals surface area contributed by atoms with Crippen molar-refractivity contribution in [3.8, 4) is 11.5 Å². The van der Waals surface area contributed by atoms with E-state index in [1.807, 2.05) is 49.4 Å². The zero-order valence-corrected chi connectivity index (χ0v) is 16.4. The molecule has 4 rings (SSSR count). The van der Waals surface area contributed by atoms with Gasteiger partial charge in [0, 0.05) is 28.7 Å². The molecule has 1 aromatic carbocycles. The molecule has 8 nitrogen and oxygen atoms in total. The molecule has 0 aliphatic carbocycles. The van der Waals surface area contributed by atoms with Crippen LogP contribution in [0.5, 0.6) is 0 Å². The van der Waals surface area contributed by atoms with Crippen LogP contribution in [0.25, 0.3) is 11.5 Å². The summed E-state index contributed by atoms with van der Waals surface area (Å²) in [5, 5.41) is 11.9. The summed E-state index contributed by atoms with van der Waals surface area (Å²) in [5.41, 5.74) is 2.50. The van der Waals surface area contributed by atoms with E-state index in [1.165, 1.54) is 11.9 Å². The molecule has 0 bridgehead atoms. The van der Waals surface area contributed by atoms with Crippen molar-refractivity contribution >= 4 is 35.2 Å². The molecule has 0 saturated heterocycles. The van der Waals surface area contributed by atoms with Gasteiger partial charge in [-0.3, -0.25) is 5.14 Å². The minimum Gasteiger partial charge on any atom is -0.325 e. The van der Waals surface area contributed by atoms with Crippen LogP contribution >= 0.6 is 11.9 Å². The molecule has 0 aliphatic heterocycles. The van der Waals surface area contributed by atoms with Crippen molar-refractivity contribution in [1.29, 1.82) is 0 Å². The maximum absolute atomic E-state index is 5.55. The monoisotopic (exact) mass is 402 g/mol. The zero-order chi connectivity index (χ0) is 20.1. The first-order valence-corrected chi connectivity index (χ1v) is 9.68. The summed E-state index contributed by atoms with van der Waals surface area (Å²) < 4.78 is 0. The SMILES string of the molecule is Cc1cccc(-c2nccc(Nc3ccnc(Nc4ccc(SN)cc4)n3)n2)n1. The molecule has 0 fully saturated rings. The third-order valence-electron chi connectivity index (χ3n) is 3.93. The van der Waals surface area contributed by atoms with E-state index in [2.05, 4.69) is 35.6 Å². The first kappa shape index (κ1) is 18.8. The molecule has 4 N–H and O–H groups in total. The summed E-state index contributed by atoms with van der Waals surface area (Å²) in [6.07, 6.45) is 3.36. The summed E-state index contributed by atoms with van der Waals surface area (Å²) in [4.78, 5) is 23.0. The number of rotatable bonds is 6. The van der Waals surface area contributed by atoms with Crippen molar-refractivity contribution in [3.63, 3.8) is 0 Å². The van der Waals surface area contributed by atoms with Crippen molar-refractivity contribution in [1.82, 2.24) is 24.9 Å². The van der Waals surface area contributed by atoms with E-state index in [1.54, 1.807) is 24.5 Å². The van der Waals surface area contributed by atoms with Crippen LogP contribution in [0.15, 0.2) is 71.9 Å². The van der Waals surface area contributed by atoms with Gasteiger partial charge in [-0.25, -0.2) is 19.9 Å². The minimum atomic E-state index is 0.470. The molecule has 0 unspecified atom stereocenters. The summed E-state index contributed by atoms with van der Waals surface area (Å²) in [6.45, 7) is 1.93. The molecule has 0 radical (unpaired) electrons. The van der Waals surface area contributed by atoms with E-state index in [9.17, 15) is 0 Å². The number of nitrogens with two attached hydrogens (primary N) is 1. The Balaban J connectivity index is 1.51. The number of benzene rings is 1. The molecule has 0 aliphatic rings. The Labute approximate surface area is 172 Å². The van der Waals surface area contributed by atoms with Crippen LogP contribution < -0.4 is 15.8 Å². The molecule has 3 heterocycles. The van der Waals surface area contributed by atoms with Gasteiger partial charge in [-0.2, -0.15) is 4.98 Å². The summed E-state index contributed by atoms with van der Waals surface area (Å²) in [7, 11) is 0. The molecule has 3 aromatic heterocycles. The second-order valence-corrected chi connectivity index (χ2v) is 6.79. The van der Waals surface area contributed by atoms with Crippen molar-refractivity contribution < 1.29 is 0 Å². The summed E-state index contributed by atoms with van der Waals surface area (Å²) in [5.74, 6) is 2.24. The fraction of sp³-hybridized carbons (Fsp3) is 0.0500. The minimum absolute atomic E-state index is 0.470. The van der Waals surface area contributed by atoms with Crippen LogP contribution in [0.4, 0.5) is 23.3 Å². The zero-order valence-electron chi connectivity index (χ0n) is 15.6. The molecule has 0 spiro atoms. The third kappa shape index (κ3) is 4.84. The second-order valence-electron chi connectivity index (χ2n) is 6.09. The number of pyridine rings is 1. The van der Waals surface area contributed by atoms with Crippen LogP contribution in [0.3, 0.4) is 0 Å². The predicted molar refractivity (Wildman–Crippen MR) is 115 cm³/mol. The highest BCUT2D eigenvalue weighted by Gasteiger charge is 2.06. The van der Waals surface area contributed by atoms with Crippen LogP contribution in [-0.2, 0) is 0 Å². The van der Waals surface area contributed by atoms with Gasteiger partial charge in [0.05, 0.1) is 0 Å². The van der Waals surface area contributed by atoms with Gasteiger partial charge in [0.1, 0.15) is 17.3 Å². The van der Waals surface area contributed by atoms with Crippen LogP contribution in [-0.4, -0.2) is 24.9 Å². The number of aromatic nitrogens is 5. The smallest absolute Gasteiger partial charge is 0.229 e. The van der Waals surface area contributed by atoms with Crippen molar-refractivity contribution in [2.24, 2.45) is 5.14 Å². The quantitative estimate of drug-likeness (QED) is 0.410. The third-order valence-corrected chi connectivity index (χ3v) is 4.48. The molecule has 9 heteroatoms. The lowest BCUT2D eigenvalue weighted by Gasteiger charge is -2.09. The number of anilines is 4. The van der Waals surface area contributed by atoms with E-state index >= 15 is 0 Å². The fourth-order valence-electron chi connectivity index (χ4n) is 2.59. The standard InChI is InChI=1S/C20H18N8S/c1-13-3-2-4-16(24-13)19-22-11-9-17(27-19)26-18-10-12-23-20(28-18)25-14-5-7-15(29-21)8-6-14/h2-12H,21H2,1H3,(H2,22,23,25,26,27,28). The van der Waals surface area contributed by atoms with Crippen LogP contribution in [0, 0.1) is 6.92 Å². The van der Waals surface area contributed by atoms with Crippen molar-refractivity contribution in [2.75, 3.05) is 10.6 Å². The highest BCUT2D eigenvalue weighted by molar-refractivity contribution is 7.97. The Hall–Kier alpha value is -3.56. The van der Waals surface area contributed by atoms with Gasteiger partial charge in [-0.15, -0.1) is 0 Å². The Bertz CT molecular complexity index is 1120. The van der Waals surface area contributed by atoms with E-state index in [0.29, 0.717) is 23.4 Å². The van der Waals surface area contributed by atoms with Gasteiger partial charge < -0.3 is 10.6 Å². The highest BCUT2D eigenvalue weighted by atomic mass is 32.2. The van der Waals surface area contributed by atoms with Crippen molar-refractivity contribution in [3.05, 3.63) is 72.7 Å². The van der Waals surface area contributed by atoms with Gasteiger partial charge >= 0.3 is 0 Å². The van der Waals surface area contributed by atoms with E-state index in [4.69, 9.17) is 5.14 Å². The average Bonchev–Trinajstić information content (AvgIpc) is 2.75. The molecule has 29 heavy (non-hydrogen) atoms. The Morgan fingerprint density at radius 2 is 1.55 bits per heavy atom. The van der Waals surface area contributed by atoms with Gasteiger partial charge in [0.25, 0.3) is 0 Å². The molecule has 0 saturated carbocycles. The molecular weight excluding hydrogens is 384 g/mol. The average molecular weight is 402 g/mol. The topological polar surface area (TPSA) is 115 Å². The first-order valence-electron chi connectivity index (χ1n) is 8.80. The van der Waals surface area contributed by atoms with Gasteiger partial charge in [0.15, 0.2) is 5.82 Å². The van der Waals surface area contributed by atoms with E-state index < -0.39 is 0 Å². The molecule has 4 aromatic rings. The maximum atomic E-state index is 5.55. The van der Waals surface area contributed by atoms with Gasteiger partial charge in [-0.05, 0) is 67.4 Å². The number of nitrogens with one attached hydrogen (secondary N) is 2. The number of hydrogen-bond acceptors (Lipinski definition) is 9. The summed E-state index contributed by atoms with van der Waals surface area (Å²) >= 11 is 1.20. The summed E-state index contributed by atoms with van der Waals surface area (Å²) in [6, 6.07) is 17.0. The maximum Gasteiger partial charge on any atom is 0.229 e. The molecule has 0 atom stereocenters. The number of nitrogens with zero attached hydrogens (tertiary/aromatic N) is 5. The van der Waals surface area contributed by atoms with Crippen LogP contribution in [0.1, 0.15) is 5.69 Å². The first-order chi connectivity index (χ1) is 14.2. The molecule has 0 amide bonds. The van der Waals surface area contributed by atoms with Gasteiger partial charge in [0.2, 0.25) is 5.95 Å². The number of hydrogen-bond donors (Lipinski definition) is 3. The Morgan fingerprint density at radius 1 is 0.793 bits per heavy atom. The normalized spacial score (nSPS) is 10.6. The van der Waals surface area contributed by atoms with E-state index in [0.717, 1.165) is 22.0 Å². The molecular formula is C20H18N8S. The largest absolute Gasteiger partial charge is 0.325 e. The predicted octanol–water partition coefficient (Wildman–Crippen LogP) is 4.09. The molecule has 144 valence electrons. The second kappa shape index (κ2) is 8.63. The number of aryl methyl sites for hydroxylation is 1. The van der Waals surface area contributed by atoms with Gasteiger partial charge in [-0.1, -0.05) is 6.07 Å². The fourth-order valence-corrected chi connectivity index (χ4v) is 2.88.